The molecule has 2 aromatic rings. The summed E-state index contributed by atoms with van der Waals surface area (Å²) in [5.74, 6) is 0.112. The number of Topliss-reactive ketones (excluding diaryl/α,β-unsaturated/α-hetero) is 1. The van der Waals surface area contributed by atoms with Crippen molar-refractivity contribution in [2.75, 3.05) is 0 Å². The molecule has 0 N–H and O–H groups in total. The summed E-state index contributed by atoms with van der Waals surface area (Å²) in [6, 6.07) is 8.36. The second-order valence-corrected chi connectivity index (χ2v) is 12.2. The molecule has 0 radical (unpaired) electrons. The third-order valence-corrected chi connectivity index (χ3v) is 7.00. The monoisotopic (exact) mass is 527 g/mol. The molecular formula is C27H34BrN3OS. The molecule has 0 saturated heterocycles. The molecule has 1 aromatic heterocycles. The second-order valence-electron chi connectivity index (χ2n) is 10.5. The summed E-state index contributed by atoms with van der Waals surface area (Å²) < 4.78 is 3.31. The van der Waals surface area contributed by atoms with Crippen LogP contribution in [0.15, 0.2) is 67.6 Å². The van der Waals surface area contributed by atoms with Crippen molar-refractivity contribution in [3.05, 3.63) is 62.2 Å². The van der Waals surface area contributed by atoms with Crippen LogP contribution in [0.4, 0.5) is 0 Å². The van der Waals surface area contributed by atoms with Crippen LogP contribution in [-0.4, -0.2) is 16.1 Å². The number of allylic oxidation sites excluding steroid dienone is 4. The SMILES string of the molecule is CCCCn1c(-c2ccc(Br)cc2)cs/c1=N/N=C1C=C(C(C)(C)C)C(=O)C(C(C)(C)C)=C1. The molecule has 4 nitrogen and oxygen atoms in total. The number of unbranched alkanes of at least 4 members (excludes halogenated alkanes) is 1. The molecule has 1 heterocycles. The minimum atomic E-state index is -0.263. The van der Waals surface area contributed by atoms with Crippen LogP contribution in [0.1, 0.15) is 61.3 Å². The molecule has 0 amide bonds. The van der Waals surface area contributed by atoms with Gasteiger partial charge in [0, 0.05) is 27.5 Å². The van der Waals surface area contributed by atoms with Crippen LogP contribution < -0.4 is 4.80 Å². The lowest BCUT2D eigenvalue weighted by molar-refractivity contribution is -0.114. The molecule has 0 saturated carbocycles. The van der Waals surface area contributed by atoms with Gasteiger partial charge in [-0.25, -0.2) is 0 Å². The first-order chi connectivity index (χ1) is 15.4. The number of thiazole rings is 1. The summed E-state index contributed by atoms with van der Waals surface area (Å²) in [6.07, 6.45) is 5.98. The number of carbonyl (C=O) groups is 1. The van der Waals surface area contributed by atoms with E-state index in [0.29, 0.717) is 0 Å². The smallest absolute Gasteiger partial charge is 0.211 e. The Balaban J connectivity index is 2.12. The maximum Gasteiger partial charge on any atom is 0.211 e. The third kappa shape index (κ3) is 6.10. The quantitative estimate of drug-likeness (QED) is 0.292. The standard InChI is InChI=1S/C27H34BrN3OS/c1-8-9-14-31-23(18-10-12-19(28)13-11-18)17-33-25(31)30-29-20-15-21(26(2,3)4)24(32)22(16-20)27(5,6)7/h10-13,15-17H,8-9,14H2,1-7H3/b30-25+. The Morgan fingerprint density at radius 1 is 0.939 bits per heavy atom. The molecule has 0 bridgehead atoms. The zero-order valence-corrected chi connectivity index (χ0v) is 23.1. The number of benzene rings is 1. The van der Waals surface area contributed by atoms with E-state index in [4.69, 9.17) is 0 Å². The van der Waals surface area contributed by atoms with Gasteiger partial charge in [0.05, 0.1) is 11.4 Å². The van der Waals surface area contributed by atoms with E-state index in [1.165, 1.54) is 0 Å². The van der Waals surface area contributed by atoms with Crippen LogP contribution in [0, 0.1) is 10.8 Å². The van der Waals surface area contributed by atoms with Gasteiger partial charge in [-0.2, -0.15) is 0 Å². The van der Waals surface area contributed by atoms with Crippen molar-refractivity contribution in [2.24, 2.45) is 21.0 Å². The predicted molar refractivity (Wildman–Crippen MR) is 143 cm³/mol. The van der Waals surface area contributed by atoms with Crippen LogP contribution in [0.25, 0.3) is 11.3 Å². The molecule has 1 aliphatic carbocycles. The average Bonchev–Trinajstić information content (AvgIpc) is 3.13. The lowest BCUT2D eigenvalue weighted by Crippen LogP contribution is -2.29. The molecule has 33 heavy (non-hydrogen) atoms. The predicted octanol–water partition coefficient (Wildman–Crippen LogP) is 7.56. The molecule has 3 rings (SSSR count). The average molecular weight is 529 g/mol. The van der Waals surface area contributed by atoms with Gasteiger partial charge in [-0.05, 0) is 47.1 Å². The topological polar surface area (TPSA) is 46.7 Å². The Hall–Kier alpha value is -2.05. The Kier molecular flexibility index (Phi) is 7.80. The van der Waals surface area contributed by atoms with E-state index in [1.54, 1.807) is 11.3 Å². The first-order valence-corrected chi connectivity index (χ1v) is 13.1. The highest BCUT2D eigenvalue weighted by Crippen LogP contribution is 2.37. The van der Waals surface area contributed by atoms with E-state index in [9.17, 15) is 4.79 Å². The van der Waals surface area contributed by atoms with Crippen molar-refractivity contribution in [1.29, 1.82) is 0 Å². The minimum absolute atomic E-state index is 0.112. The fourth-order valence-electron chi connectivity index (χ4n) is 3.68. The summed E-state index contributed by atoms with van der Waals surface area (Å²) in [7, 11) is 0. The van der Waals surface area contributed by atoms with Crippen LogP contribution in [0.5, 0.6) is 0 Å². The largest absolute Gasteiger partial charge is 0.315 e. The minimum Gasteiger partial charge on any atom is -0.315 e. The van der Waals surface area contributed by atoms with Crippen LogP contribution in [0.2, 0.25) is 0 Å². The molecule has 6 heteroatoms. The van der Waals surface area contributed by atoms with Gasteiger partial charge >= 0.3 is 0 Å². The van der Waals surface area contributed by atoms with E-state index in [1.807, 2.05) is 12.2 Å². The van der Waals surface area contributed by atoms with Crippen molar-refractivity contribution >= 4 is 38.8 Å². The highest BCUT2D eigenvalue weighted by Gasteiger charge is 2.34. The maximum absolute atomic E-state index is 13.2. The van der Waals surface area contributed by atoms with E-state index in [0.717, 1.165) is 56.8 Å². The highest BCUT2D eigenvalue weighted by atomic mass is 79.9. The van der Waals surface area contributed by atoms with Gasteiger partial charge in [-0.1, -0.05) is 82.9 Å². The second kappa shape index (κ2) is 10.1. The first kappa shape index (κ1) is 25.6. The number of nitrogens with zero attached hydrogens (tertiary/aromatic N) is 3. The Labute approximate surface area is 210 Å². The molecule has 1 aliphatic rings. The van der Waals surface area contributed by atoms with Gasteiger partial charge in [-0.3, -0.25) is 4.79 Å². The summed E-state index contributed by atoms with van der Waals surface area (Å²) in [6.45, 7) is 15.5. The van der Waals surface area contributed by atoms with Crippen LogP contribution in [0.3, 0.4) is 0 Å². The molecule has 0 aliphatic heterocycles. The van der Waals surface area contributed by atoms with E-state index in [2.05, 4.69) is 109 Å². The van der Waals surface area contributed by atoms with Crippen molar-refractivity contribution in [1.82, 2.24) is 4.57 Å². The lowest BCUT2D eigenvalue weighted by Gasteiger charge is -2.30. The number of hydrogen-bond acceptors (Lipinski definition) is 4. The molecule has 0 atom stereocenters. The molecule has 176 valence electrons. The van der Waals surface area contributed by atoms with Gasteiger partial charge in [0.1, 0.15) is 0 Å². The lowest BCUT2D eigenvalue weighted by atomic mass is 9.72. The van der Waals surface area contributed by atoms with Gasteiger partial charge in [0.15, 0.2) is 5.78 Å². The number of aromatic nitrogens is 1. The number of carbonyl (C=O) groups excluding carboxylic acids is 1. The van der Waals surface area contributed by atoms with Crippen molar-refractivity contribution in [3.8, 4) is 11.3 Å². The zero-order chi connectivity index (χ0) is 24.4. The van der Waals surface area contributed by atoms with Crippen molar-refractivity contribution in [2.45, 2.75) is 67.9 Å². The molecule has 0 fully saturated rings. The summed E-state index contributed by atoms with van der Waals surface area (Å²) in [4.78, 5) is 14.0. The van der Waals surface area contributed by atoms with Crippen molar-refractivity contribution < 1.29 is 4.79 Å². The van der Waals surface area contributed by atoms with Gasteiger partial charge in [-0.15, -0.1) is 21.5 Å². The number of hydrogen-bond donors (Lipinski definition) is 0. The molecule has 0 unspecified atom stereocenters. The summed E-state index contributed by atoms with van der Waals surface area (Å²) in [5, 5.41) is 11.4. The normalized spacial score (nSPS) is 15.6. The molecular weight excluding hydrogens is 494 g/mol. The zero-order valence-electron chi connectivity index (χ0n) is 20.7. The Morgan fingerprint density at radius 3 is 2.03 bits per heavy atom. The van der Waals surface area contributed by atoms with Gasteiger partial charge < -0.3 is 4.57 Å². The van der Waals surface area contributed by atoms with Crippen LogP contribution >= 0.6 is 27.3 Å². The fourth-order valence-corrected chi connectivity index (χ4v) is 4.83. The highest BCUT2D eigenvalue weighted by molar-refractivity contribution is 9.10. The van der Waals surface area contributed by atoms with Crippen molar-refractivity contribution in [3.63, 3.8) is 0 Å². The van der Waals surface area contributed by atoms with E-state index in [-0.39, 0.29) is 16.6 Å². The van der Waals surface area contributed by atoms with Crippen LogP contribution in [-0.2, 0) is 11.3 Å². The van der Waals surface area contributed by atoms with E-state index < -0.39 is 0 Å². The first-order valence-electron chi connectivity index (χ1n) is 11.5. The number of rotatable bonds is 5. The number of ketones is 1. The Bertz CT molecular complexity index is 1140. The van der Waals surface area contributed by atoms with Gasteiger partial charge in [0.2, 0.25) is 4.80 Å². The number of halogens is 1. The molecule has 1 aromatic carbocycles. The summed E-state index contributed by atoms with van der Waals surface area (Å²) >= 11 is 5.12. The summed E-state index contributed by atoms with van der Waals surface area (Å²) in [5.41, 5.74) is 4.07. The van der Waals surface area contributed by atoms with Gasteiger partial charge in [0.25, 0.3) is 0 Å². The third-order valence-electron chi connectivity index (χ3n) is 5.61. The Morgan fingerprint density at radius 2 is 1.52 bits per heavy atom. The van der Waals surface area contributed by atoms with E-state index >= 15 is 0 Å². The molecule has 0 spiro atoms. The maximum atomic E-state index is 13.2. The fraction of sp³-hybridized carbons (Fsp3) is 0.444.